The van der Waals surface area contributed by atoms with Crippen LogP contribution in [-0.2, 0) is 0 Å². The maximum atomic E-state index is 12.8. The van der Waals surface area contributed by atoms with Crippen LogP contribution in [0.2, 0.25) is 0 Å². The Balaban J connectivity index is 1.93. The van der Waals surface area contributed by atoms with Crippen molar-refractivity contribution < 1.29 is 23.7 Å². The smallest absolute Gasteiger partial charge is 0.231 e. The third-order valence-electron chi connectivity index (χ3n) is 4.11. The fourth-order valence-corrected chi connectivity index (χ4v) is 3.00. The molecular weight excluding hydrogens is 370 g/mol. The molecule has 1 heterocycles. The quantitative estimate of drug-likeness (QED) is 0.550. The highest BCUT2D eigenvalue weighted by atomic mass is 35.5. The fraction of sp³-hybridized carbons (Fsp3) is 0.250. The zero-order valence-corrected chi connectivity index (χ0v) is 16.3. The molecule has 0 amide bonds. The maximum absolute atomic E-state index is 12.8. The number of carbonyl (C=O) groups excluding carboxylic acids is 1. The summed E-state index contributed by atoms with van der Waals surface area (Å²) in [5.74, 6) is 2.00. The average Bonchev–Trinajstić information content (AvgIpc) is 3.14. The van der Waals surface area contributed by atoms with Crippen LogP contribution in [0.15, 0.2) is 35.4 Å². The van der Waals surface area contributed by atoms with Crippen molar-refractivity contribution in [2.45, 2.75) is 0 Å². The molecule has 2 aromatic carbocycles. The second-order valence-electron chi connectivity index (χ2n) is 6.06. The largest absolute Gasteiger partial charge is 0.495 e. The van der Waals surface area contributed by atoms with Gasteiger partial charge in [0.05, 0.1) is 24.9 Å². The van der Waals surface area contributed by atoms with E-state index in [1.807, 2.05) is 19.0 Å². The first kappa shape index (κ1) is 18.9. The van der Waals surface area contributed by atoms with E-state index >= 15 is 0 Å². The van der Waals surface area contributed by atoms with Crippen LogP contribution in [0.1, 0.15) is 15.9 Å². The molecule has 27 heavy (non-hydrogen) atoms. The van der Waals surface area contributed by atoms with Gasteiger partial charge in [-0.05, 0) is 42.0 Å². The lowest BCUT2D eigenvalue weighted by Crippen LogP contribution is -2.11. The van der Waals surface area contributed by atoms with Crippen LogP contribution >= 0.6 is 11.6 Å². The van der Waals surface area contributed by atoms with Crippen LogP contribution in [0.5, 0.6) is 23.0 Å². The number of carbonyl (C=O) groups is 1. The average molecular weight is 390 g/mol. The Morgan fingerprint density at radius 3 is 2.52 bits per heavy atom. The standard InChI is InChI=1S/C20H20ClNO5/c1-22(2)15-10-13(5-6-16(15)24-3)19(23)14(21)7-12-8-17(25-4)20-18(9-12)26-11-27-20/h5-10H,11H2,1-4H3. The molecular formula is C20H20ClNO5. The summed E-state index contributed by atoms with van der Waals surface area (Å²) in [5.41, 5.74) is 1.93. The van der Waals surface area contributed by atoms with E-state index < -0.39 is 0 Å². The fourth-order valence-electron chi connectivity index (χ4n) is 2.76. The van der Waals surface area contributed by atoms with E-state index in [-0.39, 0.29) is 17.6 Å². The minimum atomic E-state index is -0.293. The van der Waals surface area contributed by atoms with Gasteiger partial charge in [-0.1, -0.05) is 11.6 Å². The van der Waals surface area contributed by atoms with Crippen molar-refractivity contribution >= 4 is 29.1 Å². The second-order valence-corrected chi connectivity index (χ2v) is 6.47. The number of fused-ring (bicyclic) bond motifs is 1. The molecule has 0 N–H and O–H groups in total. The zero-order valence-electron chi connectivity index (χ0n) is 15.5. The van der Waals surface area contributed by atoms with Gasteiger partial charge in [-0.2, -0.15) is 0 Å². The van der Waals surface area contributed by atoms with Crippen molar-refractivity contribution in [3.63, 3.8) is 0 Å². The molecule has 0 aliphatic carbocycles. The molecule has 0 aromatic heterocycles. The van der Waals surface area contributed by atoms with E-state index in [2.05, 4.69) is 0 Å². The van der Waals surface area contributed by atoms with Crippen molar-refractivity contribution in [1.29, 1.82) is 0 Å². The van der Waals surface area contributed by atoms with E-state index in [0.717, 1.165) is 5.69 Å². The highest BCUT2D eigenvalue weighted by Gasteiger charge is 2.20. The molecule has 0 saturated carbocycles. The number of halogens is 1. The number of ketones is 1. The van der Waals surface area contributed by atoms with Crippen molar-refractivity contribution in [3.05, 3.63) is 46.5 Å². The number of nitrogens with zero attached hydrogens (tertiary/aromatic N) is 1. The van der Waals surface area contributed by atoms with Gasteiger partial charge in [0, 0.05) is 19.7 Å². The number of hydrogen-bond acceptors (Lipinski definition) is 6. The van der Waals surface area contributed by atoms with Gasteiger partial charge in [-0.3, -0.25) is 4.79 Å². The van der Waals surface area contributed by atoms with Gasteiger partial charge in [-0.15, -0.1) is 0 Å². The minimum Gasteiger partial charge on any atom is -0.495 e. The normalized spacial score (nSPS) is 12.7. The number of allylic oxidation sites excluding steroid dienone is 1. The van der Waals surface area contributed by atoms with Crippen LogP contribution in [0, 0.1) is 0 Å². The van der Waals surface area contributed by atoms with Crippen LogP contribution in [0.25, 0.3) is 6.08 Å². The molecule has 2 aromatic rings. The van der Waals surface area contributed by atoms with Crippen molar-refractivity contribution in [2.24, 2.45) is 0 Å². The Bertz CT molecular complexity index is 907. The highest BCUT2D eigenvalue weighted by molar-refractivity contribution is 6.47. The third kappa shape index (κ3) is 3.80. The summed E-state index contributed by atoms with van der Waals surface area (Å²) in [6.07, 6.45) is 1.58. The lowest BCUT2D eigenvalue weighted by atomic mass is 10.1. The number of ether oxygens (including phenoxy) is 4. The Morgan fingerprint density at radius 2 is 1.85 bits per heavy atom. The van der Waals surface area contributed by atoms with Crippen molar-refractivity contribution in [1.82, 2.24) is 0 Å². The molecule has 0 spiro atoms. The summed E-state index contributed by atoms with van der Waals surface area (Å²) in [6, 6.07) is 8.67. The number of anilines is 1. The topological polar surface area (TPSA) is 57.2 Å². The number of benzene rings is 2. The lowest BCUT2D eigenvalue weighted by Gasteiger charge is -2.17. The number of methoxy groups -OCH3 is 2. The molecule has 0 radical (unpaired) electrons. The first-order chi connectivity index (χ1) is 12.9. The van der Waals surface area contributed by atoms with Crippen LogP contribution in [-0.4, -0.2) is 40.9 Å². The molecule has 0 atom stereocenters. The minimum absolute atomic E-state index is 0.0748. The summed E-state index contributed by atoms with van der Waals surface area (Å²) >= 11 is 6.31. The summed E-state index contributed by atoms with van der Waals surface area (Å²) in [6.45, 7) is 0.130. The molecule has 3 rings (SSSR count). The predicted molar refractivity (Wildman–Crippen MR) is 105 cm³/mol. The van der Waals surface area contributed by atoms with Crippen LogP contribution in [0.4, 0.5) is 5.69 Å². The first-order valence-corrected chi connectivity index (χ1v) is 8.57. The van der Waals surface area contributed by atoms with Crippen LogP contribution < -0.4 is 23.8 Å². The number of Topliss-reactive ketones (excluding diaryl/α,β-unsaturated/α-hetero) is 1. The lowest BCUT2D eigenvalue weighted by molar-refractivity contribution is 0.104. The number of hydrogen-bond donors (Lipinski definition) is 0. The molecule has 0 bridgehead atoms. The van der Waals surface area contributed by atoms with E-state index in [0.29, 0.717) is 34.1 Å². The van der Waals surface area contributed by atoms with Crippen molar-refractivity contribution in [3.8, 4) is 23.0 Å². The van der Waals surface area contributed by atoms with E-state index in [1.54, 1.807) is 43.5 Å². The van der Waals surface area contributed by atoms with Gasteiger partial charge in [0.25, 0.3) is 0 Å². The molecule has 6 nitrogen and oxygen atoms in total. The van der Waals surface area contributed by atoms with Gasteiger partial charge in [0.2, 0.25) is 18.3 Å². The molecule has 0 unspecified atom stereocenters. The molecule has 0 fully saturated rings. The van der Waals surface area contributed by atoms with E-state index in [4.69, 9.17) is 30.5 Å². The molecule has 1 aliphatic rings. The molecule has 7 heteroatoms. The Kier molecular flexibility index (Phi) is 5.46. The molecule has 1 aliphatic heterocycles. The van der Waals surface area contributed by atoms with Crippen molar-refractivity contribution in [2.75, 3.05) is 40.0 Å². The van der Waals surface area contributed by atoms with Gasteiger partial charge in [-0.25, -0.2) is 0 Å². The maximum Gasteiger partial charge on any atom is 0.231 e. The van der Waals surface area contributed by atoms with Gasteiger partial charge in [0.1, 0.15) is 5.75 Å². The van der Waals surface area contributed by atoms with Crippen LogP contribution in [0.3, 0.4) is 0 Å². The van der Waals surface area contributed by atoms with E-state index in [9.17, 15) is 4.79 Å². The first-order valence-electron chi connectivity index (χ1n) is 8.19. The van der Waals surface area contributed by atoms with Gasteiger partial charge < -0.3 is 23.8 Å². The summed E-state index contributed by atoms with van der Waals surface area (Å²) in [7, 11) is 6.88. The Morgan fingerprint density at radius 1 is 1.11 bits per heavy atom. The van der Waals surface area contributed by atoms with E-state index in [1.165, 1.54) is 7.11 Å². The van der Waals surface area contributed by atoms with Gasteiger partial charge in [0.15, 0.2) is 11.5 Å². The third-order valence-corrected chi connectivity index (χ3v) is 4.39. The monoisotopic (exact) mass is 389 g/mol. The molecule has 142 valence electrons. The Labute approximate surface area is 162 Å². The summed E-state index contributed by atoms with van der Waals surface area (Å²) in [4.78, 5) is 14.6. The highest BCUT2D eigenvalue weighted by Crippen LogP contribution is 2.42. The summed E-state index contributed by atoms with van der Waals surface area (Å²) < 4.78 is 21.4. The zero-order chi connectivity index (χ0) is 19.6. The van der Waals surface area contributed by atoms with Gasteiger partial charge >= 0.3 is 0 Å². The predicted octanol–water partition coefficient (Wildman–Crippen LogP) is 3.96. The SMILES string of the molecule is COc1ccc(C(=O)C(Cl)=Cc2cc(OC)c3c(c2)OCO3)cc1N(C)C. The number of rotatable bonds is 6. The second kappa shape index (κ2) is 7.80. The Hall–Kier alpha value is -2.86. The summed E-state index contributed by atoms with van der Waals surface area (Å²) in [5, 5.41) is 0.0748. The molecule has 0 saturated heterocycles.